The van der Waals surface area contributed by atoms with E-state index in [9.17, 15) is 9.59 Å². The van der Waals surface area contributed by atoms with Crippen LogP contribution in [0.3, 0.4) is 0 Å². The minimum atomic E-state index is -0.907. The van der Waals surface area contributed by atoms with Gasteiger partial charge >= 0.3 is 5.97 Å². The molecule has 0 aliphatic heterocycles. The van der Waals surface area contributed by atoms with E-state index in [1.54, 1.807) is 12.1 Å². The predicted octanol–water partition coefficient (Wildman–Crippen LogP) is 2.13. The Bertz CT molecular complexity index is 472. The number of carboxylic acid groups (broad SMARTS) is 1. The highest BCUT2D eigenvalue weighted by molar-refractivity contribution is 5.94. The molecule has 1 heterocycles. The standard InChI is InChI=1S/C15H23N3O3/c1-4-7-16-14(19)11-5-6-13(17-9-11)18-12(15(20)21)8-10(2)3/h5-6,9-10,12H,4,7-8H2,1-3H3,(H,16,19)(H,17,18)(H,20,21)/t12-/m0/s1. The zero-order valence-corrected chi connectivity index (χ0v) is 12.7. The largest absolute Gasteiger partial charge is 0.480 e. The molecule has 116 valence electrons. The van der Waals surface area contributed by atoms with E-state index in [2.05, 4.69) is 15.6 Å². The lowest BCUT2D eigenvalue weighted by Crippen LogP contribution is -2.31. The van der Waals surface area contributed by atoms with Gasteiger partial charge in [-0.3, -0.25) is 4.79 Å². The number of carboxylic acids is 1. The van der Waals surface area contributed by atoms with Crippen LogP contribution in [0.15, 0.2) is 18.3 Å². The van der Waals surface area contributed by atoms with Gasteiger partial charge in [0, 0.05) is 12.7 Å². The highest BCUT2D eigenvalue weighted by Gasteiger charge is 2.19. The molecule has 0 unspecified atom stereocenters. The summed E-state index contributed by atoms with van der Waals surface area (Å²) in [7, 11) is 0. The van der Waals surface area contributed by atoms with E-state index in [1.807, 2.05) is 20.8 Å². The SMILES string of the molecule is CCCNC(=O)c1ccc(N[C@@H](CC(C)C)C(=O)O)nc1. The van der Waals surface area contributed by atoms with Gasteiger partial charge in [0.05, 0.1) is 5.56 Å². The van der Waals surface area contributed by atoms with Crippen LogP contribution in [0.25, 0.3) is 0 Å². The molecule has 1 amide bonds. The Balaban J connectivity index is 2.68. The first-order valence-corrected chi connectivity index (χ1v) is 7.17. The Kier molecular flexibility index (Phi) is 6.65. The van der Waals surface area contributed by atoms with Crippen molar-refractivity contribution in [2.45, 2.75) is 39.7 Å². The normalized spacial score (nSPS) is 12.0. The molecule has 6 nitrogen and oxygen atoms in total. The van der Waals surface area contributed by atoms with Gasteiger partial charge in [-0.25, -0.2) is 9.78 Å². The number of rotatable bonds is 8. The number of hydrogen-bond acceptors (Lipinski definition) is 4. The molecule has 1 rings (SSSR count). The third kappa shape index (κ3) is 5.81. The highest BCUT2D eigenvalue weighted by Crippen LogP contribution is 2.12. The quantitative estimate of drug-likeness (QED) is 0.683. The van der Waals surface area contributed by atoms with E-state index in [-0.39, 0.29) is 11.8 Å². The first-order valence-electron chi connectivity index (χ1n) is 7.17. The van der Waals surface area contributed by atoms with Gasteiger partial charge in [0.15, 0.2) is 0 Å². The van der Waals surface area contributed by atoms with Crippen molar-refractivity contribution >= 4 is 17.7 Å². The van der Waals surface area contributed by atoms with Crippen molar-refractivity contribution in [1.29, 1.82) is 0 Å². The molecule has 3 N–H and O–H groups in total. The Hall–Kier alpha value is -2.11. The summed E-state index contributed by atoms with van der Waals surface area (Å²) in [6, 6.07) is 2.57. The number of amides is 1. The highest BCUT2D eigenvalue weighted by atomic mass is 16.4. The van der Waals surface area contributed by atoms with E-state index in [0.29, 0.717) is 24.3 Å². The average molecular weight is 293 g/mol. The van der Waals surface area contributed by atoms with Crippen LogP contribution < -0.4 is 10.6 Å². The summed E-state index contributed by atoms with van der Waals surface area (Å²) in [5, 5.41) is 14.8. The van der Waals surface area contributed by atoms with Gasteiger partial charge in [-0.15, -0.1) is 0 Å². The number of anilines is 1. The van der Waals surface area contributed by atoms with Crippen molar-refractivity contribution in [3.05, 3.63) is 23.9 Å². The summed E-state index contributed by atoms with van der Waals surface area (Å²) in [4.78, 5) is 27.0. The van der Waals surface area contributed by atoms with Crippen molar-refractivity contribution < 1.29 is 14.7 Å². The summed E-state index contributed by atoms with van der Waals surface area (Å²) in [6.07, 6.45) is 2.83. The second-order valence-electron chi connectivity index (χ2n) is 5.35. The van der Waals surface area contributed by atoms with Gasteiger partial charge in [0.2, 0.25) is 0 Å². The monoisotopic (exact) mass is 293 g/mol. The third-order valence-corrected chi connectivity index (χ3v) is 2.89. The van der Waals surface area contributed by atoms with Crippen molar-refractivity contribution in [3.8, 4) is 0 Å². The zero-order chi connectivity index (χ0) is 15.8. The number of nitrogens with zero attached hydrogens (tertiary/aromatic N) is 1. The molecule has 0 bridgehead atoms. The van der Waals surface area contributed by atoms with Gasteiger partial charge < -0.3 is 15.7 Å². The lowest BCUT2D eigenvalue weighted by Gasteiger charge is -2.17. The lowest BCUT2D eigenvalue weighted by atomic mass is 10.0. The number of pyridine rings is 1. The fourth-order valence-electron chi connectivity index (χ4n) is 1.83. The topological polar surface area (TPSA) is 91.3 Å². The molecule has 6 heteroatoms. The smallest absolute Gasteiger partial charge is 0.326 e. The molecule has 0 aromatic carbocycles. The minimum Gasteiger partial charge on any atom is -0.480 e. The Morgan fingerprint density at radius 2 is 2.05 bits per heavy atom. The van der Waals surface area contributed by atoms with E-state index >= 15 is 0 Å². The summed E-state index contributed by atoms with van der Waals surface area (Å²) in [5.74, 6) is -0.365. The first-order chi connectivity index (χ1) is 9.93. The fraction of sp³-hybridized carbons (Fsp3) is 0.533. The first kappa shape index (κ1) is 16.9. The van der Waals surface area contributed by atoms with Gasteiger partial charge in [-0.1, -0.05) is 20.8 Å². The third-order valence-electron chi connectivity index (χ3n) is 2.89. The van der Waals surface area contributed by atoms with Gasteiger partial charge in [0.25, 0.3) is 5.91 Å². The second kappa shape index (κ2) is 8.24. The molecular weight excluding hydrogens is 270 g/mol. The van der Waals surface area contributed by atoms with Crippen LogP contribution in [-0.2, 0) is 4.79 Å². The van der Waals surface area contributed by atoms with Gasteiger partial charge in [-0.05, 0) is 30.9 Å². The molecule has 0 aliphatic carbocycles. The summed E-state index contributed by atoms with van der Waals surface area (Å²) < 4.78 is 0. The van der Waals surface area contributed by atoms with Gasteiger partial charge in [0.1, 0.15) is 11.9 Å². The van der Waals surface area contributed by atoms with Crippen LogP contribution in [0.4, 0.5) is 5.82 Å². The molecule has 1 aromatic heterocycles. The van der Waals surface area contributed by atoms with Gasteiger partial charge in [-0.2, -0.15) is 0 Å². The van der Waals surface area contributed by atoms with E-state index in [0.717, 1.165) is 6.42 Å². The maximum atomic E-state index is 11.7. The zero-order valence-electron chi connectivity index (χ0n) is 12.7. The maximum Gasteiger partial charge on any atom is 0.326 e. The van der Waals surface area contributed by atoms with Crippen molar-refractivity contribution in [2.75, 3.05) is 11.9 Å². The van der Waals surface area contributed by atoms with Crippen molar-refractivity contribution in [3.63, 3.8) is 0 Å². The van der Waals surface area contributed by atoms with Crippen molar-refractivity contribution in [1.82, 2.24) is 10.3 Å². The van der Waals surface area contributed by atoms with Crippen LogP contribution >= 0.6 is 0 Å². The number of nitrogens with one attached hydrogen (secondary N) is 2. The number of hydrogen-bond donors (Lipinski definition) is 3. The molecule has 21 heavy (non-hydrogen) atoms. The molecule has 0 spiro atoms. The van der Waals surface area contributed by atoms with Crippen molar-refractivity contribution in [2.24, 2.45) is 5.92 Å². The molecule has 0 aliphatic rings. The summed E-state index contributed by atoms with van der Waals surface area (Å²) in [5.41, 5.74) is 0.463. The molecular formula is C15H23N3O3. The second-order valence-corrected chi connectivity index (χ2v) is 5.35. The number of aliphatic carboxylic acids is 1. The molecule has 0 saturated heterocycles. The summed E-state index contributed by atoms with van der Waals surface area (Å²) in [6.45, 7) is 6.53. The maximum absolute atomic E-state index is 11.7. The number of carbonyl (C=O) groups excluding carboxylic acids is 1. The van der Waals surface area contributed by atoms with Crippen LogP contribution in [0.5, 0.6) is 0 Å². The molecule has 0 saturated carbocycles. The van der Waals surface area contributed by atoms with Crippen LogP contribution in [0.1, 0.15) is 44.0 Å². The van der Waals surface area contributed by atoms with Crippen LogP contribution in [0, 0.1) is 5.92 Å². The van der Waals surface area contributed by atoms with Crippen LogP contribution in [0.2, 0.25) is 0 Å². The summed E-state index contributed by atoms with van der Waals surface area (Å²) >= 11 is 0. The van der Waals surface area contributed by atoms with E-state index < -0.39 is 12.0 Å². The van der Waals surface area contributed by atoms with E-state index in [1.165, 1.54) is 6.20 Å². The molecule has 1 atom stereocenters. The predicted molar refractivity (Wildman–Crippen MR) is 81.4 cm³/mol. The minimum absolute atomic E-state index is 0.173. The number of carbonyl (C=O) groups is 2. The van der Waals surface area contributed by atoms with Crippen LogP contribution in [-0.4, -0.2) is 34.6 Å². The number of aromatic nitrogens is 1. The Labute approximate surface area is 125 Å². The molecule has 1 aromatic rings. The molecule has 0 radical (unpaired) electrons. The lowest BCUT2D eigenvalue weighted by molar-refractivity contribution is -0.138. The average Bonchev–Trinajstić information content (AvgIpc) is 2.44. The fourth-order valence-corrected chi connectivity index (χ4v) is 1.83. The Morgan fingerprint density at radius 3 is 2.52 bits per heavy atom. The van der Waals surface area contributed by atoms with E-state index in [4.69, 9.17) is 5.11 Å². The molecule has 0 fully saturated rings. The Morgan fingerprint density at radius 1 is 1.33 bits per heavy atom.